The SMILES string of the molecule is CCC(C)(CCO)NC(=O)c1cnn2cc(Br)cnc12. The topological polar surface area (TPSA) is 79.5 Å². The molecule has 20 heavy (non-hydrogen) atoms. The van der Waals surface area contributed by atoms with Crippen molar-refractivity contribution in [1.29, 1.82) is 0 Å². The van der Waals surface area contributed by atoms with Crippen molar-refractivity contribution in [3.05, 3.63) is 28.6 Å². The monoisotopic (exact) mass is 340 g/mol. The van der Waals surface area contributed by atoms with Gasteiger partial charge in [-0.2, -0.15) is 5.10 Å². The Bertz CT molecular complexity index is 628. The molecule has 2 rings (SSSR count). The molecule has 0 saturated heterocycles. The molecular weight excluding hydrogens is 324 g/mol. The number of amides is 1. The Morgan fingerprint density at radius 3 is 2.95 bits per heavy atom. The van der Waals surface area contributed by atoms with Crippen molar-refractivity contribution in [2.75, 3.05) is 6.61 Å². The van der Waals surface area contributed by atoms with Crippen LogP contribution >= 0.6 is 15.9 Å². The molecule has 108 valence electrons. The van der Waals surface area contributed by atoms with Crippen molar-refractivity contribution < 1.29 is 9.90 Å². The van der Waals surface area contributed by atoms with Crippen LogP contribution in [0, 0.1) is 0 Å². The van der Waals surface area contributed by atoms with Gasteiger partial charge in [0.1, 0.15) is 5.56 Å². The summed E-state index contributed by atoms with van der Waals surface area (Å²) in [4.78, 5) is 16.6. The molecule has 0 spiro atoms. The minimum atomic E-state index is -0.435. The van der Waals surface area contributed by atoms with Gasteiger partial charge in [-0.1, -0.05) is 6.92 Å². The number of aromatic nitrogens is 3. The number of hydrogen-bond acceptors (Lipinski definition) is 4. The molecule has 7 heteroatoms. The quantitative estimate of drug-likeness (QED) is 0.869. The molecule has 0 aromatic carbocycles. The summed E-state index contributed by atoms with van der Waals surface area (Å²) in [7, 11) is 0. The van der Waals surface area contributed by atoms with Gasteiger partial charge in [-0.25, -0.2) is 9.50 Å². The molecule has 0 aliphatic rings. The number of carbonyl (C=O) groups excluding carboxylic acids is 1. The van der Waals surface area contributed by atoms with Crippen LogP contribution in [0.4, 0.5) is 0 Å². The van der Waals surface area contributed by atoms with Crippen molar-refractivity contribution in [2.24, 2.45) is 0 Å². The molecule has 0 aliphatic carbocycles. The zero-order chi connectivity index (χ0) is 14.8. The molecule has 0 aliphatic heterocycles. The Morgan fingerprint density at radius 1 is 1.55 bits per heavy atom. The van der Waals surface area contributed by atoms with Crippen molar-refractivity contribution in [2.45, 2.75) is 32.2 Å². The van der Waals surface area contributed by atoms with Gasteiger partial charge in [-0.3, -0.25) is 4.79 Å². The summed E-state index contributed by atoms with van der Waals surface area (Å²) in [5, 5.41) is 16.2. The third-order valence-electron chi connectivity index (χ3n) is 3.43. The fourth-order valence-electron chi connectivity index (χ4n) is 1.93. The largest absolute Gasteiger partial charge is 0.396 e. The fourth-order valence-corrected chi connectivity index (χ4v) is 2.22. The van der Waals surface area contributed by atoms with E-state index in [0.717, 1.165) is 10.9 Å². The molecule has 6 nitrogen and oxygen atoms in total. The van der Waals surface area contributed by atoms with Gasteiger partial charge < -0.3 is 10.4 Å². The highest BCUT2D eigenvalue weighted by molar-refractivity contribution is 9.10. The van der Waals surface area contributed by atoms with Gasteiger partial charge in [-0.05, 0) is 35.7 Å². The van der Waals surface area contributed by atoms with E-state index in [-0.39, 0.29) is 12.5 Å². The molecule has 1 unspecified atom stereocenters. The summed E-state index contributed by atoms with van der Waals surface area (Å²) in [6.07, 6.45) is 6.11. The predicted octanol–water partition coefficient (Wildman–Crippen LogP) is 1.77. The first-order valence-electron chi connectivity index (χ1n) is 6.41. The Kier molecular flexibility index (Phi) is 4.39. The zero-order valence-electron chi connectivity index (χ0n) is 11.4. The van der Waals surface area contributed by atoms with Crippen molar-refractivity contribution in [1.82, 2.24) is 19.9 Å². The van der Waals surface area contributed by atoms with E-state index in [0.29, 0.717) is 17.6 Å². The van der Waals surface area contributed by atoms with Gasteiger partial charge in [0.05, 0.1) is 10.7 Å². The van der Waals surface area contributed by atoms with Gasteiger partial charge >= 0.3 is 0 Å². The third kappa shape index (κ3) is 2.99. The number of aliphatic hydroxyl groups is 1. The van der Waals surface area contributed by atoms with Gasteiger partial charge in [-0.15, -0.1) is 0 Å². The smallest absolute Gasteiger partial charge is 0.257 e. The maximum atomic E-state index is 12.4. The summed E-state index contributed by atoms with van der Waals surface area (Å²) in [5.74, 6) is -0.229. The molecule has 0 radical (unpaired) electrons. The highest BCUT2D eigenvalue weighted by Gasteiger charge is 2.26. The lowest BCUT2D eigenvalue weighted by Crippen LogP contribution is -2.46. The molecular formula is C13H17BrN4O2. The highest BCUT2D eigenvalue weighted by atomic mass is 79.9. The first kappa shape index (κ1) is 14.9. The number of fused-ring (bicyclic) bond motifs is 1. The molecule has 2 N–H and O–H groups in total. The molecule has 2 aromatic rings. The van der Waals surface area contributed by atoms with Crippen LogP contribution < -0.4 is 5.32 Å². The lowest BCUT2D eigenvalue weighted by Gasteiger charge is -2.28. The first-order valence-corrected chi connectivity index (χ1v) is 7.20. The summed E-state index contributed by atoms with van der Waals surface area (Å²) in [5.41, 5.74) is 0.499. The van der Waals surface area contributed by atoms with Gasteiger partial charge in [0.2, 0.25) is 0 Å². The Labute approximate surface area is 125 Å². The van der Waals surface area contributed by atoms with Crippen molar-refractivity contribution in [3.63, 3.8) is 0 Å². The average molecular weight is 341 g/mol. The van der Waals surface area contributed by atoms with E-state index in [2.05, 4.69) is 31.3 Å². The van der Waals surface area contributed by atoms with Crippen molar-refractivity contribution >= 4 is 27.5 Å². The molecule has 2 heterocycles. The van der Waals surface area contributed by atoms with E-state index < -0.39 is 5.54 Å². The second-order valence-electron chi connectivity index (χ2n) is 4.94. The van der Waals surface area contributed by atoms with E-state index in [1.54, 1.807) is 16.9 Å². The summed E-state index contributed by atoms with van der Waals surface area (Å²) < 4.78 is 2.34. The van der Waals surface area contributed by atoms with Crippen LogP contribution in [0.1, 0.15) is 37.0 Å². The standard InChI is InChI=1S/C13H17BrN4O2/c1-3-13(2,4-5-19)17-12(20)10-7-16-18-8-9(14)6-15-11(10)18/h6-8,19H,3-5H2,1-2H3,(H,17,20). The molecule has 0 saturated carbocycles. The van der Waals surface area contributed by atoms with E-state index >= 15 is 0 Å². The lowest BCUT2D eigenvalue weighted by atomic mass is 9.94. The minimum Gasteiger partial charge on any atom is -0.396 e. The lowest BCUT2D eigenvalue weighted by molar-refractivity contribution is 0.0887. The molecule has 0 fully saturated rings. The van der Waals surface area contributed by atoms with Crippen LogP contribution in [0.15, 0.2) is 23.1 Å². The summed E-state index contributed by atoms with van der Waals surface area (Å²) in [6.45, 7) is 3.92. The molecule has 1 amide bonds. The minimum absolute atomic E-state index is 0.0323. The van der Waals surface area contributed by atoms with Crippen LogP contribution in [-0.2, 0) is 0 Å². The first-order chi connectivity index (χ1) is 9.49. The number of halogens is 1. The van der Waals surface area contributed by atoms with Crippen LogP contribution in [-0.4, -0.2) is 37.8 Å². The van der Waals surface area contributed by atoms with E-state index in [4.69, 9.17) is 5.11 Å². The van der Waals surface area contributed by atoms with Gasteiger partial charge in [0.25, 0.3) is 5.91 Å². The number of rotatable bonds is 5. The van der Waals surface area contributed by atoms with E-state index in [9.17, 15) is 4.79 Å². The number of nitrogens with zero attached hydrogens (tertiary/aromatic N) is 3. The average Bonchev–Trinajstić information content (AvgIpc) is 2.81. The second-order valence-corrected chi connectivity index (χ2v) is 5.86. The Hall–Kier alpha value is -1.47. The Balaban J connectivity index is 2.27. The number of aliphatic hydroxyl groups excluding tert-OH is 1. The molecule has 1 atom stereocenters. The zero-order valence-corrected chi connectivity index (χ0v) is 13.0. The van der Waals surface area contributed by atoms with Gasteiger partial charge in [0.15, 0.2) is 5.65 Å². The maximum absolute atomic E-state index is 12.4. The van der Waals surface area contributed by atoms with Crippen LogP contribution in [0.3, 0.4) is 0 Å². The maximum Gasteiger partial charge on any atom is 0.257 e. The van der Waals surface area contributed by atoms with Crippen LogP contribution in [0.5, 0.6) is 0 Å². The Morgan fingerprint density at radius 2 is 2.30 bits per heavy atom. The van der Waals surface area contributed by atoms with Crippen molar-refractivity contribution in [3.8, 4) is 0 Å². The third-order valence-corrected chi connectivity index (χ3v) is 3.84. The van der Waals surface area contributed by atoms with Gasteiger partial charge in [0, 0.05) is 24.5 Å². The number of hydrogen-bond donors (Lipinski definition) is 2. The molecule has 0 bridgehead atoms. The number of carbonyl (C=O) groups is 1. The summed E-state index contributed by atoms with van der Waals surface area (Å²) in [6, 6.07) is 0. The normalized spacial score (nSPS) is 14.2. The predicted molar refractivity (Wildman–Crippen MR) is 78.6 cm³/mol. The van der Waals surface area contributed by atoms with Crippen LogP contribution in [0.2, 0.25) is 0 Å². The van der Waals surface area contributed by atoms with Crippen LogP contribution in [0.25, 0.3) is 5.65 Å². The highest BCUT2D eigenvalue weighted by Crippen LogP contribution is 2.17. The summed E-state index contributed by atoms with van der Waals surface area (Å²) >= 11 is 3.31. The van der Waals surface area contributed by atoms with E-state index in [1.807, 2.05) is 13.8 Å². The fraction of sp³-hybridized carbons (Fsp3) is 0.462. The number of nitrogens with one attached hydrogen (secondary N) is 1. The second kappa shape index (κ2) is 5.88. The molecule has 2 aromatic heterocycles. The van der Waals surface area contributed by atoms with E-state index in [1.165, 1.54) is 6.20 Å².